The Labute approximate surface area is 373 Å². The molecule has 0 radical (unpaired) electrons. The summed E-state index contributed by atoms with van der Waals surface area (Å²) in [4.78, 5) is 2.51. The van der Waals surface area contributed by atoms with Gasteiger partial charge in [0.2, 0.25) is 0 Å². The quantitative estimate of drug-likeness (QED) is 0.162. The number of benzene rings is 11. The molecular weight excluding hydrogens is 771 g/mol. The third-order valence-corrected chi connectivity index (χ3v) is 13.9. The molecular formula is C63H41N. The van der Waals surface area contributed by atoms with E-state index in [1.54, 1.807) is 0 Å². The average molecular weight is 812 g/mol. The van der Waals surface area contributed by atoms with Gasteiger partial charge >= 0.3 is 0 Å². The van der Waals surface area contributed by atoms with Gasteiger partial charge in [0.15, 0.2) is 0 Å². The first-order valence-electron chi connectivity index (χ1n) is 22.3. The second kappa shape index (κ2) is 14.4. The maximum atomic E-state index is 2.51. The molecule has 11 aromatic carbocycles. The number of rotatable bonds is 6. The van der Waals surface area contributed by atoms with Crippen LogP contribution in [0.3, 0.4) is 0 Å². The second-order valence-corrected chi connectivity index (χ2v) is 17.2. The van der Waals surface area contributed by atoms with E-state index in [-0.39, 0.29) is 0 Å². The van der Waals surface area contributed by atoms with Crippen molar-refractivity contribution in [3.63, 3.8) is 0 Å². The van der Waals surface area contributed by atoms with Crippen molar-refractivity contribution in [2.45, 2.75) is 5.41 Å². The van der Waals surface area contributed by atoms with Crippen molar-refractivity contribution in [1.82, 2.24) is 0 Å². The highest BCUT2D eigenvalue weighted by atomic mass is 15.1. The van der Waals surface area contributed by atoms with Crippen molar-refractivity contribution >= 4 is 38.6 Å². The minimum absolute atomic E-state index is 0.417. The number of nitrogens with zero attached hydrogens (tertiary/aromatic N) is 1. The summed E-state index contributed by atoms with van der Waals surface area (Å²) < 4.78 is 0. The van der Waals surface area contributed by atoms with E-state index in [9.17, 15) is 0 Å². The lowest BCUT2D eigenvalue weighted by atomic mass is 9.70. The predicted octanol–water partition coefficient (Wildman–Crippen LogP) is 16.8. The smallest absolute Gasteiger partial charge is 0.0725 e. The number of anilines is 3. The van der Waals surface area contributed by atoms with Gasteiger partial charge in [-0.15, -0.1) is 0 Å². The highest BCUT2D eigenvalue weighted by Crippen LogP contribution is 2.63. The number of fused-ring (bicyclic) bond motifs is 12. The van der Waals surface area contributed by atoms with Gasteiger partial charge in [0.25, 0.3) is 0 Å². The summed E-state index contributed by atoms with van der Waals surface area (Å²) in [6.07, 6.45) is 0. The molecule has 0 fully saturated rings. The average Bonchev–Trinajstić information content (AvgIpc) is 3.83. The molecule has 0 aromatic heterocycles. The molecule has 1 heteroatoms. The van der Waals surface area contributed by atoms with Gasteiger partial charge in [0, 0.05) is 16.9 Å². The third kappa shape index (κ3) is 5.38. The van der Waals surface area contributed by atoms with Crippen molar-refractivity contribution in [2.75, 3.05) is 4.90 Å². The van der Waals surface area contributed by atoms with Crippen LogP contribution in [0.15, 0.2) is 249 Å². The summed E-state index contributed by atoms with van der Waals surface area (Å²) in [6.45, 7) is 0. The normalized spacial score (nSPS) is 12.8. The first-order valence-corrected chi connectivity index (χ1v) is 22.3. The topological polar surface area (TPSA) is 3.24 Å². The van der Waals surface area contributed by atoms with E-state index < -0.39 is 5.41 Å². The molecule has 0 heterocycles. The second-order valence-electron chi connectivity index (χ2n) is 17.2. The van der Waals surface area contributed by atoms with E-state index in [4.69, 9.17) is 0 Å². The zero-order valence-electron chi connectivity index (χ0n) is 35.1. The van der Waals surface area contributed by atoms with Crippen LogP contribution in [0.2, 0.25) is 0 Å². The lowest BCUT2D eigenvalue weighted by molar-refractivity contribution is 0.794. The Hall–Kier alpha value is -8.26. The van der Waals surface area contributed by atoms with E-state index >= 15 is 0 Å². The molecule has 0 saturated carbocycles. The minimum Gasteiger partial charge on any atom is -0.310 e. The molecule has 0 amide bonds. The monoisotopic (exact) mass is 811 g/mol. The summed E-state index contributed by atoms with van der Waals surface area (Å²) in [5, 5.41) is 4.90. The summed E-state index contributed by atoms with van der Waals surface area (Å²) in [5.74, 6) is 0. The third-order valence-electron chi connectivity index (χ3n) is 13.9. The lowest BCUT2D eigenvalue weighted by Crippen LogP contribution is -2.25. The van der Waals surface area contributed by atoms with Gasteiger partial charge in [0.05, 0.1) is 11.1 Å². The van der Waals surface area contributed by atoms with Crippen LogP contribution < -0.4 is 4.90 Å². The van der Waals surface area contributed by atoms with Gasteiger partial charge in [-0.1, -0.05) is 212 Å². The molecule has 0 aliphatic heterocycles. The highest BCUT2D eigenvalue weighted by molar-refractivity contribution is 6.07. The first kappa shape index (κ1) is 36.4. The molecule has 1 spiro atoms. The zero-order valence-corrected chi connectivity index (χ0v) is 35.1. The van der Waals surface area contributed by atoms with Crippen molar-refractivity contribution < 1.29 is 0 Å². The van der Waals surface area contributed by atoms with Crippen LogP contribution in [0.1, 0.15) is 22.3 Å². The molecule has 0 saturated heterocycles. The summed E-state index contributed by atoms with van der Waals surface area (Å²) >= 11 is 0. The zero-order chi connectivity index (χ0) is 42.2. The number of hydrogen-bond acceptors (Lipinski definition) is 1. The fourth-order valence-corrected chi connectivity index (χ4v) is 11.2. The van der Waals surface area contributed by atoms with Crippen LogP contribution in [0.25, 0.3) is 77.2 Å². The van der Waals surface area contributed by atoms with Crippen molar-refractivity contribution in [3.05, 3.63) is 271 Å². The van der Waals surface area contributed by atoms with Gasteiger partial charge in [-0.25, -0.2) is 0 Å². The van der Waals surface area contributed by atoms with Gasteiger partial charge in [-0.3, -0.25) is 0 Å². The number of hydrogen-bond donors (Lipinski definition) is 0. The van der Waals surface area contributed by atoms with E-state index in [1.165, 1.54) is 99.4 Å². The van der Waals surface area contributed by atoms with Crippen molar-refractivity contribution in [1.29, 1.82) is 0 Å². The molecule has 64 heavy (non-hydrogen) atoms. The molecule has 2 aliphatic rings. The molecule has 0 N–H and O–H groups in total. The standard InChI is InChI=1S/C63H41N/c1-2-17-42(18-3-1)46-23-14-24-48(40-46)64(49-37-38-60-56(41-49)54-28-10-13-33-59(54)63(60)57-31-11-8-26-52(57)53-27-9-12-32-58(53)63)61-34-16-29-51(47-36-35-43-19-4-5-21-45(43)39-47)62(61)55-30-15-22-44-20-6-7-25-50(44)55/h1-41H. The molecule has 0 unspecified atom stereocenters. The van der Waals surface area contributed by atoms with E-state index in [1.807, 2.05) is 0 Å². The molecule has 0 atom stereocenters. The SMILES string of the molecule is c1ccc(-c2cccc(N(c3ccc4c(c3)-c3ccccc3C43c4ccccc4-c4ccccc43)c3cccc(-c4ccc5ccccc5c4)c3-c3cccc4ccccc34)c2)cc1. The molecule has 298 valence electrons. The maximum Gasteiger partial charge on any atom is 0.0725 e. The lowest BCUT2D eigenvalue weighted by Gasteiger charge is -2.32. The predicted molar refractivity (Wildman–Crippen MR) is 269 cm³/mol. The molecule has 13 rings (SSSR count). The van der Waals surface area contributed by atoms with Crippen LogP contribution in [0.4, 0.5) is 17.1 Å². The molecule has 1 nitrogen and oxygen atoms in total. The van der Waals surface area contributed by atoms with Crippen LogP contribution in [0, 0.1) is 0 Å². The minimum atomic E-state index is -0.417. The van der Waals surface area contributed by atoms with Crippen LogP contribution in [0.5, 0.6) is 0 Å². The maximum absolute atomic E-state index is 2.51. The van der Waals surface area contributed by atoms with Crippen LogP contribution in [-0.4, -0.2) is 0 Å². The summed E-state index contributed by atoms with van der Waals surface area (Å²) in [6, 6.07) is 92.3. The van der Waals surface area contributed by atoms with Crippen molar-refractivity contribution in [3.8, 4) is 55.6 Å². The molecule has 11 aromatic rings. The fourth-order valence-electron chi connectivity index (χ4n) is 11.2. The van der Waals surface area contributed by atoms with E-state index in [0.29, 0.717) is 0 Å². The van der Waals surface area contributed by atoms with Crippen molar-refractivity contribution in [2.24, 2.45) is 0 Å². The van der Waals surface area contributed by atoms with Gasteiger partial charge in [0.1, 0.15) is 0 Å². The van der Waals surface area contributed by atoms with E-state index in [2.05, 4.69) is 254 Å². The van der Waals surface area contributed by atoms with Gasteiger partial charge in [-0.05, 0) is 130 Å². The Balaban J connectivity index is 1.11. The Kier molecular flexibility index (Phi) is 8.20. The Morgan fingerprint density at radius 3 is 1.56 bits per heavy atom. The summed E-state index contributed by atoms with van der Waals surface area (Å²) in [5.41, 5.74) is 20.6. The van der Waals surface area contributed by atoms with Crippen LogP contribution in [-0.2, 0) is 5.41 Å². The summed E-state index contributed by atoms with van der Waals surface area (Å²) in [7, 11) is 0. The highest BCUT2D eigenvalue weighted by Gasteiger charge is 2.51. The Morgan fingerprint density at radius 2 is 0.797 bits per heavy atom. The van der Waals surface area contributed by atoms with Gasteiger partial charge < -0.3 is 4.90 Å². The molecule has 0 bridgehead atoms. The Morgan fingerprint density at radius 1 is 0.266 bits per heavy atom. The first-order chi connectivity index (χ1) is 31.8. The fraction of sp³-hybridized carbons (Fsp3) is 0.0159. The largest absolute Gasteiger partial charge is 0.310 e. The Bertz CT molecular complexity index is 3580. The van der Waals surface area contributed by atoms with Crippen LogP contribution >= 0.6 is 0 Å². The van der Waals surface area contributed by atoms with Gasteiger partial charge in [-0.2, -0.15) is 0 Å². The molecule has 2 aliphatic carbocycles. The van der Waals surface area contributed by atoms with E-state index in [0.717, 1.165) is 17.1 Å².